The van der Waals surface area contributed by atoms with Crippen molar-refractivity contribution in [3.05, 3.63) is 18.7 Å². The third-order valence-electron chi connectivity index (χ3n) is 6.71. The second-order valence-electron chi connectivity index (χ2n) is 9.24. The number of rotatable bonds is 4. The largest absolute Gasteiger partial charge is 0.460 e. The summed E-state index contributed by atoms with van der Waals surface area (Å²) < 4.78 is 36.8. The number of aromatic nitrogens is 2. The van der Waals surface area contributed by atoms with Crippen molar-refractivity contribution in [3.8, 4) is 0 Å². The zero-order valence-corrected chi connectivity index (χ0v) is 17.5. The molecular formula is C19H30N4O4S. The van der Waals surface area contributed by atoms with E-state index in [0.29, 0.717) is 52.0 Å². The average Bonchev–Trinajstić information content (AvgIpc) is 3.24. The first kappa shape index (κ1) is 19.8. The number of carbonyl (C=O) groups excluding carboxylic acids is 1. The van der Waals surface area contributed by atoms with E-state index in [1.54, 1.807) is 21.1 Å². The van der Waals surface area contributed by atoms with Crippen molar-refractivity contribution in [3.63, 3.8) is 0 Å². The molecule has 3 fully saturated rings. The lowest BCUT2D eigenvalue weighted by Crippen LogP contribution is -2.52. The minimum Gasteiger partial charge on any atom is -0.460 e. The Morgan fingerprint density at radius 3 is 2.29 bits per heavy atom. The number of esters is 1. The summed E-state index contributed by atoms with van der Waals surface area (Å²) in [5.41, 5.74) is -0.336. The Kier molecular flexibility index (Phi) is 5.04. The molecule has 0 aliphatic carbocycles. The van der Waals surface area contributed by atoms with Crippen LogP contribution in [-0.2, 0) is 26.3 Å². The summed E-state index contributed by atoms with van der Waals surface area (Å²) in [5.74, 6) is -0.172. The minimum absolute atomic E-state index is 0.172. The van der Waals surface area contributed by atoms with Crippen LogP contribution in [0, 0.1) is 10.8 Å². The summed E-state index contributed by atoms with van der Waals surface area (Å²) >= 11 is 0. The van der Waals surface area contributed by atoms with E-state index in [4.69, 9.17) is 4.74 Å². The van der Waals surface area contributed by atoms with Crippen LogP contribution >= 0.6 is 0 Å². The van der Waals surface area contributed by atoms with Gasteiger partial charge in [-0.15, -0.1) is 0 Å². The topological polar surface area (TPSA) is 84.7 Å². The molecule has 3 saturated heterocycles. The summed E-state index contributed by atoms with van der Waals surface area (Å²) in [6, 6.07) is 0. The Balaban J connectivity index is 1.37. The molecule has 9 heteroatoms. The third kappa shape index (κ3) is 3.71. The lowest BCUT2D eigenvalue weighted by molar-refractivity contribution is -0.150. The summed E-state index contributed by atoms with van der Waals surface area (Å²) in [6.07, 6.45) is 8.58. The zero-order chi connectivity index (χ0) is 20.0. The highest BCUT2D eigenvalue weighted by atomic mass is 32.2. The number of ether oxygens (including phenoxy) is 1. The molecule has 0 radical (unpaired) electrons. The number of imidazole rings is 1. The minimum atomic E-state index is -3.45. The van der Waals surface area contributed by atoms with E-state index in [1.807, 2.05) is 10.8 Å². The maximum Gasteiger partial charge on any atom is 0.312 e. The van der Waals surface area contributed by atoms with Crippen LogP contribution in [0.15, 0.2) is 18.7 Å². The summed E-state index contributed by atoms with van der Waals surface area (Å²) in [5, 5.41) is 0. The standard InChI is InChI=1S/C19H30N4O4S/c1-18(2)3-8-22(9-4-18)28(25,26)23-10-5-19(6-11-23)13-16(27-17(19)24)14-21-12-7-20-15-21/h7,12,15-16H,3-6,8-11,13-14H2,1-2H3. The fourth-order valence-electron chi connectivity index (χ4n) is 4.61. The highest BCUT2D eigenvalue weighted by Gasteiger charge is 2.52. The van der Waals surface area contributed by atoms with Gasteiger partial charge in [-0.05, 0) is 31.1 Å². The Bertz CT molecular complexity index is 803. The second kappa shape index (κ2) is 7.11. The van der Waals surface area contributed by atoms with E-state index in [0.717, 1.165) is 12.8 Å². The van der Waals surface area contributed by atoms with E-state index in [1.165, 1.54) is 0 Å². The Morgan fingerprint density at radius 1 is 1.11 bits per heavy atom. The fraction of sp³-hybridized carbons (Fsp3) is 0.789. The molecule has 1 spiro atoms. The maximum absolute atomic E-state index is 13.0. The summed E-state index contributed by atoms with van der Waals surface area (Å²) in [7, 11) is -3.45. The normalized spacial score (nSPS) is 28.5. The molecule has 0 saturated carbocycles. The van der Waals surface area contributed by atoms with Gasteiger partial charge in [-0.1, -0.05) is 13.8 Å². The molecule has 1 aromatic heterocycles. The van der Waals surface area contributed by atoms with E-state index in [-0.39, 0.29) is 17.5 Å². The molecule has 0 bridgehead atoms. The van der Waals surface area contributed by atoms with Gasteiger partial charge >= 0.3 is 5.97 Å². The van der Waals surface area contributed by atoms with Crippen molar-refractivity contribution in [1.29, 1.82) is 0 Å². The van der Waals surface area contributed by atoms with Crippen LogP contribution in [0.1, 0.15) is 46.0 Å². The highest BCUT2D eigenvalue weighted by Crippen LogP contribution is 2.44. The Morgan fingerprint density at radius 2 is 1.71 bits per heavy atom. The highest BCUT2D eigenvalue weighted by molar-refractivity contribution is 7.86. The molecule has 1 unspecified atom stereocenters. The van der Waals surface area contributed by atoms with E-state index >= 15 is 0 Å². The quantitative estimate of drug-likeness (QED) is 0.705. The van der Waals surface area contributed by atoms with Crippen molar-refractivity contribution in [2.45, 2.75) is 58.6 Å². The van der Waals surface area contributed by atoms with Crippen LogP contribution in [0.3, 0.4) is 0 Å². The van der Waals surface area contributed by atoms with E-state index in [9.17, 15) is 13.2 Å². The maximum atomic E-state index is 13.0. The number of nitrogens with zero attached hydrogens (tertiary/aromatic N) is 4. The predicted octanol–water partition coefficient (Wildman–Crippen LogP) is 1.65. The van der Waals surface area contributed by atoms with Gasteiger partial charge in [-0.2, -0.15) is 17.0 Å². The number of piperidine rings is 2. The van der Waals surface area contributed by atoms with Gasteiger partial charge in [-0.25, -0.2) is 4.98 Å². The lowest BCUT2D eigenvalue weighted by atomic mass is 9.76. The first-order valence-electron chi connectivity index (χ1n) is 10.1. The molecule has 0 N–H and O–H groups in total. The Labute approximate surface area is 167 Å². The van der Waals surface area contributed by atoms with Gasteiger partial charge in [0.2, 0.25) is 0 Å². The van der Waals surface area contributed by atoms with Crippen LogP contribution in [0.25, 0.3) is 0 Å². The first-order chi connectivity index (χ1) is 13.2. The van der Waals surface area contributed by atoms with Gasteiger partial charge in [-0.3, -0.25) is 4.79 Å². The first-order valence-corrected chi connectivity index (χ1v) is 11.5. The third-order valence-corrected chi connectivity index (χ3v) is 8.74. The van der Waals surface area contributed by atoms with E-state index < -0.39 is 15.6 Å². The number of cyclic esters (lactones) is 1. The van der Waals surface area contributed by atoms with Crippen molar-refractivity contribution >= 4 is 16.2 Å². The van der Waals surface area contributed by atoms with Crippen LogP contribution in [0.4, 0.5) is 0 Å². The van der Waals surface area contributed by atoms with Crippen LogP contribution in [0.2, 0.25) is 0 Å². The van der Waals surface area contributed by atoms with Crippen LogP contribution in [-0.4, -0.2) is 64.8 Å². The molecule has 1 atom stereocenters. The molecule has 4 rings (SSSR count). The van der Waals surface area contributed by atoms with Crippen molar-refractivity contribution in [2.24, 2.45) is 10.8 Å². The van der Waals surface area contributed by atoms with Gasteiger partial charge in [0.15, 0.2) is 0 Å². The molecule has 0 amide bonds. The van der Waals surface area contributed by atoms with Gasteiger partial charge in [0.25, 0.3) is 10.2 Å². The predicted molar refractivity (Wildman–Crippen MR) is 103 cm³/mol. The van der Waals surface area contributed by atoms with Crippen molar-refractivity contribution in [2.75, 3.05) is 26.2 Å². The monoisotopic (exact) mass is 410 g/mol. The van der Waals surface area contributed by atoms with Gasteiger partial charge in [0.1, 0.15) is 6.10 Å². The molecule has 1 aromatic rings. The average molecular weight is 411 g/mol. The van der Waals surface area contributed by atoms with Gasteiger partial charge < -0.3 is 9.30 Å². The molecular weight excluding hydrogens is 380 g/mol. The molecule has 3 aliphatic rings. The number of carbonyl (C=O) groups is 1. The lowest BCUT2D eigenvalue weighted by Gasteiger charge is -2.41. The summed E-state index contributed by atoms with van der Waals surface area (Å²) in [6.45, 7) is 6.89. The Hall–Kier alpha value is -1.45. The molecule has 156 valence electrons. The van der Waals surface area contributed by atoms with Crippen LogP contribution < -0.4 is 0 Å². The van der Waals surface area contributed by atoms with Gasteiger partial charge in [0, 0.05) is 45.0 Å². The van der Waals surface area contributed by atoms with Crippen molar-refractivity contribution < 1.29 is 17.9 Å². The smallest absolute Gasteiger partial charge is 0.312 e. The molecule has 0 aromatic carbocycles. The SMILES string of the molecule is CC1(C)CCN(S(=O)(=O)N2CCC3(CC2)CC(Cn2ccnc2)OC3=O)CC1. The van der Waals surface area contributed by atoms with E-state index in [2.05, 4.69) is 18.8 Å². The molecule has 4 heterocycles. The number of hydrogen-bond donors (Lipinski definition) is 0. The zero-order valence-electron chi connectivity index (χ0n) is 16.7. The van der Waals surface area contributed by atoms with Crippen LogP contribution in [0.5, 0.6) is 0 Å². The molecule has 28 heavy (non-hydrogen) atoms. The second-order valence-corrected chi connectivity index (χ2v) is 11.2. The summed E-state index contributed by atoms with van der Waals surface area (Å²) in [4.78, 5) is 16.6. The fourth-order valence-corrected chi connectivity index (χ4v) is 6.22. The van der Waals surface area contributed by atoms with Gasteiger partial charge in [0.05, 0.1) is 18.3 Å². The molecule has 3 aliphatic heterocycles. The number of hydrogen-bond acceptors (Lipinski definition) is 5. The molecule has 8 nitrogen and oxygen atoms in total. The van der Waals surface area contributed by atoms with Crippen molar-refractivity contribution in [1.82, 2.24) is 18.2 Å².